The molecule has 0 unspecified atom stereocenters. The lowest BCUT2D eigenvalue weighted by Gasteiger charge is -2.51. The van der Waals surface area contributed by atoms with E-state index in [1.165, 1.54) is 0 Å². The minimum atomic E-state index is -3.19. The molecule has 0 bridgehead atoms. The van der Waals surface area contributed by atoms with Gasteiger partial charge in [0.05, 0.1) is 44.7 Å². The number of amides is 2. The molecular formula is C34H56N2O27. The monoisotopic (exact) mass is 924 g/mol. The molecule has 4 aliphatic heterocycles. The molecule has 2 amide bonds. The first-order valence-corrected chi connectivity index (χ1v) is 19.3. The number of carbonyl (C=O) groups excluding carboxylic acids is 2. The fourth-order valence-electron chi connectivity index (χ4n) is 7.61. The van der Waals surface area contributed by atoms with E-state index in [1.807, 2.05) is 0 Å². The number of aliphatic hydroxyl groups excluding tert-OH is 14. The number of carboxylic acids is 2. The van der Waals surface area contributed by atoms with Gasteiger partial charge < -0.3 is 125 Å². The SMILES string of the molecule is CC(=O)N[C@@H]1[C@@H](O[C@@H]2O[C@H](CO)[C@H](O)[C@H](O[C@]3(C(=O)O)C[C@H](O)[C@@H](NC(C)=O)[C@H]([C@H](O)[C@H](O)CO)O3)[C@H]2O)[C@@H](O)[C@@H](CO[C@]2(C(=O)O)C[C@H](O)[C@@H](O)[C@H]([C@H](O)[C@H](O)CO)O2)O[C@@H]1O. The molecule has 63 heavy (non-hydrogen) atoms. The Labute approximate surface area is 355 Å². The number of nitrogens with one attached hydrogen (secondary N) is 2. The van der Waals surface area contributed by atoms with E-state index in [1.54, 1.807) is 0 Å². The van der Waals surface area contributed by atoms with E-state index < -0.39 is 197 Å². The van der Waals surface area contributed by atoms with Crippen molar-refractivity contribution in [1.29, 1.82) is 0 Å². The highest BCUT2D eigenvalue weighted by Gasteiger charge is 2.61. The van der Waals surface area contributed by atoms with Crippen molar-refractivity contribution < 1.29 is 134 Å². The highest BCUT2D eigenvalue weighted by atomic mass is 16.8. The van der Waals surface area contributed by atoms with Crippen molar-refractivity contribution in [3.05, 3.63) is 0 Å². The number of hydrogen-bond donors (Lipinski definition) is 18. The van der Waals surface area contributed by atoms with Crippen LogP contribution in [0.4, 0.5) is 0 Å². The van der Waals surface area contributed by atoms with Crippen LogP contribution < -0.4 is 10.6 Å². The first-order valence-electron chi connectivity index (χ1n) is 19.3. The van der Waals surface area contributed by atoms with Crippen LogP contribution in [0, 0.1) is 0 Å². The molecule has 0 aromatic rings. The third-order valence-electron chi connectivity index (χ3n) is 10.9. The van der Waals surface area contributed by atoms with Gasteiger partial charge in [0.1, 0.15) is 91.5 Å². The van der Waals surface area contributed by atoms with Gasteiger partial charge in [0.2, 0.25) is 11.8 Å². The Balaban J connectivity index is 1.65. The number of rotatable bonds is 18. The molecule has 4 heterocycles. The molecule has 4 fully saturated rings. The second kappa shape index (κ2) is 21.6. The van der Waals surface area contributed by atoms with Crippen LogP contribution in [0.3, 0.4) is 0 Å². The van der Waals surface area contributed by atoms with Gasteiger partial charge in [-0.15, -0.1) is 0 Å². The Morgan fingerprint density at radius 1 is 0.651 bits per heavy atom. The molecule has 0 aromatic heterocycles. The van der Waals surface area contributed by atoms with Crippen LogP contribution in [0.1, 0.15) is 26.7 Å². The smallest absolute Gasteiger partial charge is 0.364 e. The zero-order chi connectivity index (χ0) is 47.5. The number of carbonyl (C=O) groups is 4. The van der Waals surface area contributed by atoms with Gasteiger partial charge in [-0.2, -0.15) is 0 Å². The van der Waals surface area contributed by atoms with E-state index in [0.29, 0.717) is 0 Å². The fraction of sp³-hybridized carbons (Fsp3) is 0.882. The largest absolute Gasteiger partial charge is 0.477 e. The molecule has 0 saturated carbocycles. The molecule has 18 N–H and O–H groups in total. The molecule has 0 aliphatic carbocycles. The Kier molecular flexibility index (Phi) is 18.0. The molecule has 0 spiro atoms. The van der Waals surface area contributed by atoms with Crippen LogP contribution in [0.25, 0.3) is 0 Å². The average molecular weight is 925 g/mol. The van der Waals surface area contributed by atoms with Gasteiger partial charge >= 0.3 is 11.9 Å². The molecule has 4 rings (SSSR count). The van der Waals surface area contributed by atoms with Crippen LogP contribution in [-0.2, 0) is 52.3 Å². The van der Waals surface area contributed by atoms with E-state index in [0.717, 1.165) is 13.8 Å². The summed E-state index contributed by atoms with van der Waals surface area (Å²) in [7, 11) is 0. The number of aliphatic carboxylic acids is 2. The summed E-state index contributed by atoms with van der Waals surface area (Å²) in [4.78, 5) is 49.6. The first-order chi connectivity index (χ1) is 29.4. The quantitative estimate of drug-likeness (QED) is 0.0607. The lowest BCUT2D eigenvalue weighted by Crippen LogP contribution is -2.71. The number of aliphatic hydroxyl groups is 14. The van der Waals surface area contributed by atoms with Crippen molar-refractivity contribution >= 4 is 23.8 Å². The molecule has 29 heteroatoms. The van der Waals surface area contributed by atoms with Crippen molar-refractivity contribution in [2.24, 2.45) is 0 Å². The van der Waals surface area contributed by atoms with Crippen molar-refractivity contribution in [1.82, 2.24) is 10.6 Å². The van der Waals surface area contributed by atoms with E-state index in [4.69, 9.17) is 33.2 Å². The summed E-state index contributed by atoms with van der Waals surface area (Å²) in [6.07, 6.45) is -40.2. The Bertz CT molecular complexity index is 1570. The normalized spacial score (nSPS) is 42.9. The van der Waals surface area contributed by atoms with Gasteiger partial charge in [-0.05, 0) is 0 Å². The zero-order valence-electron chi connectivity index (χ0n) is 33.4. The molecule has 29 nitrogen and oxygen atoms in total. The molecule has 0 radical (unpaired) electrons. The summed E-state index contributed by atoms with van der Waals surface area (Å²) in [5, 5.41) is 172. The van der Waals surface area contributed by atoms with Crippen LogP contribution in [-0.4, -0.2) is 266 Å². The third-order valence-corrected chi connectivity index (χ3v) is 10.9. The maximum absolute atomic E-state index is 12.9. The van der Waals surface area contributed by atoms with Crippen LogP contribution in [0.15, 0.2) is 0 Å². The number of carboxylic acid groups (broad SMARTS) is 2. The van der Waals surface area contributed by atoms with Crippen LogP contribution in [0.5, 0.6) is 0 Å². The fourth-order valence-corrected chi connectivity index (χ4v) is 7.61. The summed E-state index contributed by atoms with van der Waals surface area (Å²) in [6.45, 7) is -2.52. The lowest BCUT2D eigenvalue weighted by atomic mass is 9.88. The highest BCUT2D eigenvalue weighted by Crippen LogP contribution is 2.39. The van der Waals surface area contributed by atoms with Gasteiger partial charge in [-0.25, -0.2) is 9.59 Å². The average Bonchev–Trinajstić information content (AvgIpc) is 3.22. The topological polar surface area (TPSA) is 481 Å². The molecule has 364 valence electrons. The minimum Gasteiger partial charge on any atom is -0.477 e. The maximum Gasteiger partial charge on any atom is 0.364 e. The number of ether oxygens (including phenoxy) is 7. The van der Waals surface area contributed by atoms with Crippen LogP contribution in [0.2, 0.25) is 0 Å². The Hall–Kier alpha value is -2.96. The molecule has 0 aromatic carbocycles. The van der Waals surface area contributed by atoms with Crippen molar-refractivity contribution in [3.63, 3.8) is 0 Å². The van der Waals surface area contributed by atoms with E-state index >= 15 is 0 Å². The first kappa shape index (κ1) is 52.7. The number of hydrogen-bond acceptors (Lipinski definition) is 25. The zero-order valence-corrected chi connectivity index (χ0v) is 33.4. The van der Waals surface area contributed by atoms with Gasteiger partial charge in [0.25, 0.3) is 11.6 Å². The van der Waals surface area contributed by atoms with Gasteiger partial charge in [0, 0.05) is 26.7 Å². The molecular weight excluding hydrogens is 868 g/mol. The molecule has 22 atom stereocenters. The van der Waals surface area contributed by atoms with Crippen molar-refractivity contribution in [2.75, 3.05) is 26.4 Å². The summed E-state index contributed by atoms with van der Waals surface area (Å²) in [6, 6.07) is -3.46. The van der Waals surface area contributed by atoms with E-state index in [9.17, 15) is 101 Å². The van der Waals surface area contributed by atoms with Gasteiger partial charge in [0.15, 0.2) is 12.6 Å². The summed E-state index contributed by atoms with van der Waals surface area (Å²) in [5.74, 6) is -11.9. The third kappa shape index (κ3) is 11.4. The summed E-state index contributed by atoms with van der Waals surface area (Å²) in [5.41, 5.74) is 0. The maximum atomic E-state index is 12.9. The van der Waals surface area contributed by atoms with E-state index in [-0.39, 0.29) is 0 Å². The second-order valence-corrected chi connectivity index (χ2v) is 15.5. The van der Waals surface area contributed by atoms with Gasteiger partial charge in [-0.3, -0.25) is 9.59 Å². The molecule has 4 saturated heterocycles. The second-order valence-electron chi connectivity index (χ2n) is 15.5. The summed E-state index contributed by atoms with van der Waals surface area (Å²) >= 11 is 0. The predicted octanol–water partition coefficient (Wildman–Crippen LogP) is -11.0. The predicted molar refractivity (Wildman–Crippen MR) is 191 cm³/mol. The van der Waals surface area contributed by atoms with Crippen molar-refractivity contribution in [2.45, 2.75) is 161 Å². The summed E-state index contributed by atoms with van der Waals surface area (Å²) < 4.78 is 38.6. The lowest BCUT2D eigenvalue weighted by molar-refractivity contribution is -0.382. The minimum absolute atomic E-state index is 0.819. The molecule has 4 aliphatic rings. The van der Waals surface area contributed by atoms with Crippen molar-refractivity contribution in [3.8, 4) is 0 Å². The highest BCUT2D eigenvalue weighted by molar-refractivity contribution is 5.77. The van der Waals surface area contributed by atoms with Crippen LogP contribution >= 0.6 is 0 Å². The standard InChI is InChI=1S/C34H56N2O27/c1-9(40)35-17-11(42)3-34(32(55)56,61-26(17)20(47)13(44)5-37)63-28-22(49)15(7-39)59-30(24(28)51)60-25-18(36-10(2)41)29(52)58-16(23(25)50)8-57-33(31(53)54)4-12(43)19(46)27(62-33)21(48)14(45)6-38/h11-30,37-39,42-52H,3-8H2,1-2H3,(H,35,40)(H,36,41)(H,53,54)(H,55,56)/t11-,12-,13+,14+,15+,16+,17+,18+,19+,20+,21+,22-,23-,24+,25+,26+,27+,28-,29-,30-,33+,34-/m0/s1. The van der Waals surface area contributed by atoms with Gasteiger partial charge in [-0.1, -0.05) is 0 Å². The van der Waals surface area contributed by atoms with E-state index in [2.05, 4.69) is 10.6 Å². The Morgan fingerprint density at radius 3 is 1.68 bits per heavy atom. The Morgan fingerprint density at radius 2 is 1.16 bits per heavy atom.